The standard InChI is InChI=1S/C25H28ClN3O2/c1-18-8-9-19(26)16-22(18)28-12-14-29(15-13-28)24-20-6-2-3-7-23(20)31-25(30)21(24)17-27-10-4-5-11-27/h2-3,6-9,16H,4-5,10-15,17H2,1H3. The number of benzene rings is 2. The second-order valence-corrected chi connectivity index (χ2v) is 9.04. The highest BCUT2D eigenvalue weighted by Crippen LogP contribution is 2.32. The Kier molecular flexibility index (Phi) is 5.63. The average Bonchev–Trinajstić information content (AvgIpc) is 3.29. The van der Waals surface area contributed by atoms with Gasteiger partial charge in [-0.15, -0.1) is 0 Å². The van der Waals surface area contributed by atoms with Crippen LogP contribution in [-0.4, -0.2) is 44.2 Å². The summed E-state index contributed by atoms with van der Waals surface area (Å²) < 4.78 is 5.72. The monoisotopic (exact) mass is 437 g/mol. The van der Waals surface area contributed by atoms with E-state index in [0.29, 0.717) is 12.1 Å². The van der Waals surface area contributed by atoms with E-state index in [9.17, 15) is 4.79 Å². The molecule has 162 valence electrons. The number of hydrogen-bond donors (Lipinski definition) is 0. The molecule has 0 radical (unpaired) electrons. The van der Waals surface area contributed by atoms with Crippen molar-refractivity contribution in [3.63, 3.8) is 0 Å². The normalized spacial score (nSPS) is 17.6. The van der Waals surface area contributed by atoms with Crippen molar-refractivity contribution in [2.45, 2.75) is 26.3 Å². The van der Waals surface area contributed by atoms with E-state index in [4.69, 9.17) is 16.0 Å². The van der Waals surface area contributed by atoms with E-state index in [0.717, 1.165) is 60.9 Å². The van der Waals surface area contributed by atoms with Crippen molar-refractivity contribution in [3.05, 3.63) is 69.0 Å². The summed E-state index contributed by atoms with van der Waals surface area (Å²) in [6.07, 6.45) is 2.40. The lowest BCUT2D eigenvalue weighted by Gasteiger charge is -2.39. The fraction of sp³-hybridized carbons (Fsp3) is 0.400. The molecule has 2 aliphatic heterocycles. The van der Waals surface area contributed by atoms with Gasteiger partial charge in [0.1, 0.15) is 5.58 Å². The van der Waals surface area contributed by atoms with Crippen molar-refractivity contribution in [1.82, 2.24) is 4.90 Å². The Morgan fingerprint density at radius 1 is 0.935 bits per heavy atom. The molecule has 0 saturated carbocycles. The second-order valence-electron chi connectivity index (χ2n) is 8.60. The van der Waals surface area contributed by atoms with E-state index >= 15 is 0 Å². The number of anilines is 2. The van der Waals surface area contributed by atoms with Crippen LogP contribution in [0.2, 0.25) is 5.02 Å². The molecule has 6 heteroatoms. The highest BCUT2D eigenvalue weighted by molar-refractivity contribution is 6.30. The van der Waals surface area contributed by atoms with E-state index < -0.39 is 0 Å². The predicted molar refractivity (Wildman–Crippen MR) is 128 cm³/mol. The molecule has 0 aliphatic carbocycles. The first-order valence-electron chi connectivity index (χ1n) is 11.1. The van der Waals surface area contributed by atoms with E-state index in [-0.39, 0.29) is 5.63 Å². The largest absolute Gasteiger partial charge is 0.422 e. The summed E-state index contributed by atoms with van der Waals surface area (Å²) in [5, 5.41) is 1.80. The summed E-state index contributed by atoms with van der Waals surface area (Å²) in [5.41, 5.74) is 4.75. The lowest BCUT2D eigenvalue weighted by Crippen LogP contribution is -2.47. The first-order chi connectivity index (χ1) is 15.1. The third-order valence-corrected chi connectivity index (χ3v) is 6.80. The molecule has 5 rings (SSSR count). The Bertz CT molecular complexity index is 1150. The van der Waals surface area contributed by atoms with Crippen LogP contribution in [0.15, 0.2) is 51.7 Å². The van der Waals surface area contributed by atoms with Crippen molar-refractivity contribution >= 4 is 33.9 Å². The van der Waals surface area contributed by atoms with Gasteiger partial charge in [0.05, 0.1) is 11.3 Å². The van der Waals surface area contributed by atoms with Gasteiger partial charge >= 0.3 is 5.63 Å². The van der Waals surface area contributed by atoms with Crippen LogP contribution >= 0.6 is 11.6 Å². The minimum absolute atomic E-state index is 0.200. The van der Waals surface area contributed by atoms with Crippen molar-refractivity contribution in [3.8, 4) is 0 Å². The summed E-state index contributed by atoms with van der Waals surface area (Å²) in [7, 11) is 0. The van der Waals surface area contributed by atoms with E-state index in [1.54, 1.807) is 0 Å². The number of rotatable bonds is 4. The van der Waals surface area contributed by atoms with Gasteiger partial charge < -0.3 is 14.2 Å². The van der Waals surface area contributed by atoms with Gasteiger partial charge in [0.2, 0.25) is 0 Å². The molecule has 2 aliphatic rings. The Hall–Kier alpha value is -2.50. The minimum Gasteiger partial charge on any atom is -0.422 e. The maximum absolute atomic E-state index is 13.0. The molecular formula is C25H28ClN3O2. The number of para-hydroxylation sites is 1. The molecule has 31 heavy (non-hydrogen) atoms. The summed E-state index contributed by atoms with van der Waals surface area (Å²) >= 11 is 6.26. The highest BCUT2D eigenvalue weighted by Gasteiger charge is 2.26. The molecule has 3 aromatic rings. The van der Waals surface area contributed by atoms with Gasteiger partial charge in [0, 0.05) is 48.8 Å². The molecule has 2 fully saturated rings. The molecule has 3 heterocycles. The fourth-order valence-corrected chi connectivity index (χ4v) is 5.10. The third kappa shape index (κ3) is 4.04. The van der Waals surface area contributed by atoms with Crippen LogP contribution in [0.4, 0.5) is 11.4 Å². The van der Waals surface area contributed by atoms with Crippen LogP contribution in [0.3, 0.4) is 0 Å². The van der Waals surface area contributed by atoms with Crippen molar-refractivity contribution in [2.24, 2.45) is 0 Å². The molecule has 2 saturated heterocycles. The fourth-order valence-electron chi connectivity index (χ4n) is 4.93. The number of fused-ring (bicyclic) bond motifs is 1. The van der Waals surface area contributed by atoms with Gasteiger partial charge in [-0.1, -0.05) is 29.8 Å². The number of nitrogens with zero attached hydrogens (tertiary/aromatic N) is 3. The summed E-state index contributed by atoms with van der Waals surface area (Å²) in [4.78, 5) is 20.1. The van der Waals surface area contributed by atoms with Crippen LogP contribution in [0, 0.1) is 6.92 Å². The maximum Gasteiger partial charge on any atom is 0.342 e. The molecule has 0 spiro atoms. The topological polar surface area (TPSA) is 39.9 Å². The Balaban J connectivity index is 1.48. The molecule has 0 N–H and O–H groups in total. The zero-order valence-corrected chi connectivity index (χ0v) is 18.7. The van der Waals surface area contributed by atoms with E-state index in [2.05, 4.69) is 39.8 Å². The number of halogens is 1. The quantitative estimate of drug-likeness (QED) is 0.554. The predicted octanol–water partition coefficient (Wildman–Crippen LogP) is 4.68. The maximum atomic E-state index is 13.0. The molecule has 0 amide bonds. The summed E-state index contributed by atoms with van der Waals surface area (Å²) in [6, 6.07) is 14.0. The molecule has 0 unspecified atom stereocenters. The number of likely N-dealkylation sites (tertiary alicyclic amines) is 1. The molecule has 5 nitrogen and oxygen atoms in total. The van der Waals surface area contributed by atoms with Gasteiger partial charge in [-0.05, 0) is 62.7 Å². The Morgan fingerprint density at radius 3 is 2.42 bits per heavy atom. The lowest BCUT2D eigenvalue weighted by molar-refractivity contribution is 0.325. The highest BCUT2D eigenvalue weighted by atomic mass is 35.5. The summed E-state index contributed by atoms with van der Waals surface area (Å²) in [5.74, 6) is 0. The number of piperazine rings is 1. The van der Waals surface area contributed by atoms with E-state index in [1.807, 2.05) is 24.3 Å². The lowest BCUT2D eigenvalue weighted by atomic mass is 10.1. The third-order valence-electron chi connectivity index (χ3n) is 6.57. The molecular weight excluding hydrogens is 410 g/mol. The van der Waals surface area contributed by atoms with Crippen LogP contribution < -0.4 is 15.4 Å². The van der Waals surface area contributed by atoms with Crippen molar-refractivity contribution in [2.75, 3.05) is 49.1 Å². The van der Waals surface area contributed by atoms with Gasteiger partial charge in [-0.3, -0.25) is 4.90 Å². The van der Waals surface area contributed by atoms with Gasteiger partial charge in [-0.25, -0.2) is 4.79 Å². The van der Waals surface area contributed by atoms with Crippen molar-refractivity contribution < 1.29 is 4.42 Å². The zero-order chi connectivity index (χ0) is 21.4. The van der Waals surface area contributed by atoms with Gasteiger partial charge in [-0.2, -0.15) is 0 Å². The second kappa shape index (κ2) is 8.56. The zero-order valence-electron chi connectivity index (χ0n) is 17.9. The Labute approximate surface area is 187 Å². The first kappa shape index (κ1) is 20.4. The van der Waals surface area contributed by atoms with Gasteiger partial charge in [0.15, 0.2) is 0 Å². The Morgan fingerprint density at radius 2 is 1.65 bits per heavy atom. The number of aryl methyl sites for hydroxylation is 1. The molecule has 0 atom stereocenters. The van der Waals surface area contributed by atoms with E-state index in [1.165, 1.54) is 24.1 Å². The smallest absolute Gasteiger partial charge is 0.342 e. The summed E-state index contributed by atoms with van der Waals surface area (Å²) in [6.45, 7) is 8.37. The van der Waals surface area contributed by atoms with Crippen molar-refractivity contribution in [1.29, 1.82) is 0 Å². The molecule has 0 bridgehead atoms. The van der Waals surface area contributed by atoms with Gasteiger partial charge in [0.25, 0.3) is 0 Å². The number of hydrogen-bond acceptors (Lipinski definition) is 5. The minimum atomic E-state index is -0.200. The SMILES string of the molecule is Cc1ccc(Cl)cc1N1CCN(c2c(CN3CCCC3)c(=O)oc3ccccc23)CC1. The van der Waals surface area contributed by atoms with Crippen LogP contribution in [-0.2, 0) is 6.54 Å². The molecule has 2 aromatic carbocycles. The molecule has 1 aromatic heterocycles. The van der Waals surface area contributed by atoms with Crippen LogP contribution in [0.25, 0.3) is 11.0 Å². The first-order valence-corrected chi connectivity index (χ1v) is 11.5. The average molecular weight is 438 g/mol. The van der Waals surface area contributed by atoms with Crippen LogP contribution in [0.1, 0.15) is 24.0 Å². The van der Waals surface area contributed by atoms with Crippen LogP contribution in [0.5, 0.6) is 0 Å².